The van der Waals surface area contributed by atoms with Gasteiger partial charge in [-0.1, -0.05) is 12.1 Å². The quantitative estimate of drug-likeness (QED) is 0.681. The monoisotopic (exact) mass is 462 g/mol. The number of benzene rings is 1. The summed E-state index contributed by atoms with van der Waals surface area (Å²) in [7, 11) is 0. The first kappa shape index (κ1) is 24.4. The number of hydrogen-bond donors (Lipinski definition) is 1. The van der Waals surface area contributed by atoms with Crippen molar-refractivity contribution in [3.05, 3.63) is 35.6 Å². The lowest BCUT2D eigenvalue weighted by molar-refractivity contribution is -0.192. The molecule has 1 unspecified atom stereocenters. The van der Waals surface area contributed by atoms with Crippen molar-refractivity contribution in [1.29, 1.82) is 0 Å². The molecule has 1 saturated carbocycles. The number of aliphatic carboxylic acids is 1. The van der Waals surface area contributed by atoms with Crippen molar-refractivity contribution in [3.63, 3.8) is 0 Å². The number of amides is 1. The van der Waals surface area contributed by atoms with E-state index in [2.05, 4.69) is 4.90 Å². The molecule has 178 valence electrons. The van der Waals surface area contributed by atoms with Gasteiger partial charge in [0.1, 0.15) is 5.82 Å². The van der Waals surface area contributed by atoms with E-state index in [1.807, 2.05) is 6.07 Å². The van der Waals surface area contributed by atoms with Crippen molar-refractivity contribution in [1.82, 2.24) is 9.80 Å². The number of likely N-dealkylation sites (tertiary alicyclic amines) is 2. The van der Waals surface area contributed by atoms with Crippen molar-refractivity contribution in [2.75, 3.05) is 19.6 Å². The van der Waals surface area contributed by atoms with Crippen molar-refractivity contribution in [2.24, 2.45) is 0 Å². The van der Waals surface area contributed by atoms with Crippen LogP contribution in [0.1, 0.15) is 50.5 Å². The smallest absolute Gasteiger partial charge is 0.475 e. The summed E-state index contributed by atoms with van der Waals surface area (Å²) in [6, 6.07) is 6.82. The van der Waals surface area contributed by atoms with E-state index in [-0.39, 0.29) is 17.3 Å². The standard InChI is InChI=1S/C20H26F2N2O.C2HF3O2/c21-17-5-1-4-16(14-17)15-24-12-3-7-19(24)6-2-11-23(13-10-19)18(25)20(22)8-9-20;3-2(4,5)1(6)7/h1,4-5,14H,2-3,6-13,15H2;(H,6,7). The molecule has 0 radical (unpaired) electrons. The summed E-state index contributed by atoms with van der Waals surface area (Å²) in [4.78, 5) is 25.5. The Morgan fingerprint density at radius 3 is 2.19 bits per heavy atom. The molecule has 2 saturated heterocycles. The molecule has 0 aromatic heterocycles. The van der Waals surface area contributed by atoms with E-state index in [1.165, 1.54) is 6.07 Å². The Kier molecular flexibility index (Phi) is 7.12. The fourth-order valence-electron chi connectivity index (χ4n) is 4.65. The van der Waals surface area contributed by atoms with E-state index in [1.54, 1.807) is 17.0 Å². The number of nitrogens with zero attached hydrogens (tertiary/aromatic N) is 2. The molecule has 1 N–H and O–H groups in total. The molecule has 1 aromatic carbocycles. The summed E-state index contributed by atoms with van der Waals surface area (Å²) in [5.74, 6) is -3.24. The highest BCUT2D eigenvalue weighted by Crippen LogP contribution is 2.43. The molecule has 5 nitrogen and oxygen atoms in total. The van der Waals surface area contributed by atoms with Gasteiger partial charge in [-0.05, 0) is 69.2 Å². The highest BCUT2D eigenvalue weighted by atomic mass is 19.4. The molecule has 1 amide bonds. The zero-order chi connectivity index (χ0) is 23.6. The maximum atomic E-state index is 14.1. The van der Waals surface area contributed by atoms with Crippen LogP contribution in [0.5, 0.6) is 0 Å². The Morgan fingerprint density at radius 1 is 1.00 bits per heavy atom. The van der Waals surface area contributed by atoms with Gasteiger partial charge in [0.2, 0.25) is 0 Å². The van der Waals surface area contributed by atoms with E-state index < -0.39 is 17.8 Å². The molecule has 3 aliphatic rings. The van der Waals surface area contributed by atoms with Crippen LogP contribution < -0.4 is 0 Å². The number of carboxylic acids is 1. The van der Waals surface area contributed by atoms with Crippen LogP contribution >= 0.6 is 0 Å². The van der Waals surface area contributed by atoms with Gasteiger partial charge in [0, 0.05) is 25.2 Å². The van der Waals surface area contributed by atoms with E-state index >= 15 is 0 Å². The second-order valence-electron chi connectivity index (χ2n) is 8.79. The Bertz CT molecular complexity index is 843. The van der Waals surface area contributed by atoms with Gasteiger partial charge in [-0.25, -0.2) is 13.6 Å². The van der Waals surface area contributed by atoms with E-state index in [9.17, 15) is 26.7 Å². The van der Waals surface area contributed by atoms with Gasteiger partial charge in [-0.2, -0.15) is 13.2 Å². The lowest BCUT2D eigenvalue weighted by Crippen LogP contribution is -2.45. The van der Waals surface area contributed by atoms with Gasteiger partial charge in [-0.3, -0.25) is 9.69 Å². The third-order valence-corrected chi connectivity index (χ3v) is 6.52. The predicted octanol–water partition coefficient (Wildman–Crippen LogP) is 4.31. The Balaban J connectivity index is 0.000000360. The SMILES string of the molecule is O=C(N1CCCC2(CCCN2Cc2cccc(F)c2)CC1)C1(F)CC1.O=C(O)C(F)(F)F. The number of rotatable bonds is 3. The van der Waals surface area contributed by atoms with E-state index in [4.69, 9.17) is 9.90 Å². The third-order valence-electron chi connectivity index (χ3n) is 6.52. The van der Waals surface area contributed by atoms with Gasteiger partial charge in [-0.15, -0.1) is 0 Å². The fraction of sp³-hybridized carbons (Fsp3) is 0.636. The summed E-state index contributed by atoms with van der Waals surface area (Å²) in [6.45, 7) is 3.07. The highest BCUT2D eigenvalue weighted by Gasteiger charge is 2.53. The molecule has 1 aromatic rings. The molecule has 32 heavy (non-hydrogen) atoms. The minimum atomic E-state index is -5.08. The summed E-state index contributed by atoms with van der Waals surface area (Å²) in [5, 5.41) is 7.12. The predicted molar refractivity (Wildman–Crippen MR) is 106 cm³/mol. The van der Waals surface area contributed by atoms with Crippen molar-refractivity contribution in [3.8, 4) is 0 Å². The molecule has 10 heteroatoms. The Labute approximate surface area is 183 Å². The number of carboxylic acid groups (broad SMARTS) is 1. The van der Waals surface area contributed by atoms with Crippen LogP contribution in [0.15, 0.2) is 24.3 Å². The van der Waals surface area contributed by atoms with Crippen LogP contribution in [0, 0.1) is 5.82 Å². The molecule has 3 fully saturated rings. The first-order chi connectivity index (χ1) is 15.0. The number of halogens is 5. The van der Waals surface area contributed by atoms with Gasteiger partial charge >= 0.3 is 12.1 Å². The summed E-state index contributed by atoms with van der Waals surface area (Å²) >= 11 is 0. The van der Waals surface area contributed by atoms with Crippen LogP contribution in [-0.2, 0) is 16.1 Å². The van der Waals surface area contributed by atoms with E-state index in [0.717, 1.165) is 50.8 Å². The van der Waals surface area contributed by atoms with Crippen molar-refractivity contribution < 1.29 is 36.6 Å². The van der Waals surface area contributed by atoms with E-state index in [0.29, 0.717) is 25.9 Å². The molecule has 1 atom stereocenters. The minimum Gasteiger partial charge on any atom is -0.475 e. The highest BCUT2D eigenvalue weighted by molar-refractivity contribution is 5.88. The first-order valence-electron chi connectivity index (χ1n) is 10.7. The van der Waals surface area contributed by atoms with Crippen molar-refractivity contribution in [2.45, 2.75) is 68.9 Å². The topological polar surface area (TPSA) is 60.9 Å². The normalized spacial score (nSPS) is 25.1. The summed E-state index contributed by atoms with van der Waals surface area (Å²) in [5.41, 5.74) is -0.484. The largest absolute Gasteiger partial charge is 0.490 e. The third kappa shape index (κ3) is 5.76. The molecule has 4 rings (SSSR count). The number of carbonyl (C=O) groups is 2. The minimum absolute atomic E-state index is 0.0778. The van der Waals surface area contributed by atoms with Crippen LogP contribution in [0.2, 0.25) is 0 Å². The molecule has 2 heterocycles. The zero-order valence-corrected chi connectivity index (χ0v) is 17.6. The molecule has 2 aliphatic heterocycles. The second-order valence-corrected chi connectivity index (χ2v) is 8.79. The molecular formula is C22H27F5N2O3. The van der Waals surface area contributed by atoms with Crippen LogP contribution in [0.4, 0.5) is 22.0 Å². The molecule has 1 spiro atoms. The first-order valence-corrected chi connectivity index (χ1v) is 10.7. The summed E-state index contributed by atoms with van der Waals surface area (Å²) < 4.78 is 59.4. The number of hydrogen-bond acceptors (Lipinski definition) is 3. The maximum Gasteiger partial charge on any atom is 0.490 e. The lowest BCUT2D eigenvalue weighted by atomic mass is 9.87. The van der Waals surface area contributed by atoms with Gasteiger partial charge in [0.25, 0.3) is 5.91 Å². The Morgan fingerprint density at radius 2 is 1.62 bits per heavy atom. The van der Waals surface area contributed by atoms with Gasteiger partial charge in [0.15, 0.2) is 5.67 Å². The zero-order valence-electron chi connectivity index (χ0n) is 17.6. The van der Waals surface area contributed by atoms with Crippen molar-refractivity contribution >= 4 is 11.9 Å². The number of alkyl halides is 4. The maximum absolute atomic E-state index is 14.1. The van der Waals surface area contributed by atoms with Gasteiger partial charge < -0.3 is 10.0 Å². The molecule has 0 bridgehead atoms. The molecular weight excluding hydrogens is 435 g/mol. The Hall–Kier alpha value is -2.23. The second kappa shape index (κ2) is 9.33. The van der Waals surface area contributed by atoms with Crippen LogP contribution in [0.25, 0.3) is 0 Å². The average molecular weight is 462 g/mol. The van der Waals surface area contributed by atoms with Crippen LogP contribution in [-0.4, -0.2) is 63.8 Å². The number of carbonyl (C=O) groups excluding carboxylic acids is 1. The summed E-state index contributed by atoms with van der Waals surface area (Å²) in [6.07, 6.45) is 0.788. The molecule has 1 aliphatic carbocycles. The van der Waals surface area contributed by atoms with Crippen LogP contribution in [0.3, 0.4) is 0 Å². The average Bonchev–Trinajstić information content (AvgIpc) is 3.40. The lowest BCUT2D eigenvalue weighted by Gasteiger charge is -2.38. The van der Waals surface area contributed by atoms with Gasteiger partial charge in [0.05, 0.1) is 0 Å². The fourth-order valence-corrected chi connectivity index (χ4v) is 4.65.